The lowest BCUT2D eigenvalue weighted by Crippen LogP contribution is -2.20. The monoisotopic (exact) mass is 362 g/mol. The minimum Gasteiger partial charge on any atom is -0.273 e. The van der Waals surface area contributed by atoms with E-state index in [1.54, 1.807) is 6.21 Å². The third-order valence-corrected chi connectivity index (χ3v) is 5.32. The fraction of sp³-hybridized carbons (Fsp3) is 0.417. The van der Waals surface area contributed by atoms with Crippen molar-refractivity contribution in [1.29, 1.82) is 0 Å². The summed E-state index contributed by atoms with van der Waals surface area (Å²) in [6.07, 6.45) is 2.61. The molecule has 3 rings (SSSR count). The lowest BCUT2D eigenvalue weighted by molar-refractivity contribution is -0.122. The molecule has 0 aromatic heterocycles. The highest BCUT2D eigenvalue weighted by Crippen LogP contribution is 2.47. The zero-order chi connectivity index (χ0) is 19.6. The summed E-state index contributed by atoms with van der Waals surface area (Å²) in [4.78, 5) is 12.3. The van der Waals surface area contributed by atoms with Gasteiger partial charge in [0, 0.05) is 5.92 Å². The van der Waals surface area contributed by atoms with E-state index in [-0.39, 0.29) is 17.2 Å². The molecular formula is C24H30N2O. The Morgan fingerprint density at radius 2 is 1.70 bits per heavy atom. The summed E-state index contributed by atoms with van der Waals surface area (Å²) in [5.41, 5.74) is 7.71. The van der Waals surface area contributed by atoms with Crippen LogP contribution in [0.5, 0.6) is 0 Å². The molecule has 2 aromatic rings. The van der Waals surface area contributed by atoms with Crippen molar-refractivity contribution in [3.8, 4) is 0 Å². The smallest absolute Gasteiger partial charge is 0.243 e. The van der Waals surface area contributed by atoms with E-state index in [9.17, 15) is 4.79 Å². The van der Waals surface area contributed by atoms with Crippen LogP contribution in [0.2, 0.25) is 0 Å². The van der Waals surface area contributed by atoms with E-state index in [0.717, 1.165) is 12.0 Å². The molecule has 0 unspecified atom stereocenters. The molecule has 1 N–H and O–H groups in total. The third-order valence-electron chi connectivity index (χ3n) is 5.32. The Labute approximate surface area is 162 Å². The van der Waals surface area contributed by atoms with E-state index in [4.69, 9.17) is 0 Å². The number of carbonyl (C=O) groups is 1. The molecule has 3 heteroatoms. The summed E-state index contributed by atoms with van der Waals surface area (Å²) >= 11 is 0. The van der Waals surface area contributed by atoms with Crippen LogP contribution in [0.25, 0.3) is 0 Å². The molecule has 0 heterocycles. The Morgan fingerprint density at radius 1 is 1.07 bits per heavy atom. The fourth-order valence-electron chi connectivity index (χ4n) is 3.30. The van der Waals surface area contributed by atoms with Gasteiger partial charge in [0.15, 0.2) is 0 Å². The molecule has 0 spiro atoms. The summed E-state index contributed by atoms with van der Waals surface area (Å²) in [5.74, 6) is 0.875. The summed E-state index contributed by atoms with van der Waals surface area (Å²) in [5, 5.41) is 4.13. The van der Waals surface area contributed by atoms with Crippen LogP contribution in [0.1, 0.15) is 75.1 Å². The second-order valence-electron chi connectivity index (χ2n) is 8.88. The lowest BCUT2D eigenvalue weighted by Gasteiger charge is -2.19. The fourth-order valence-corrected chi connectivity index (χ4v) is 3.30. The van der Waals surface area contributed by atoms with Gasteiger partial charge in [0.2, 0.25) is 5.91 Å². The number of nitrogens with one attached hydrogen (secondary N) is 1. The van der Waals surface area contributed by atoms with Crippen LogP contribution in [0.15, 0.2) is 53.6 Å². The molecule has 2 aromatic carbocycles. The summed E-state index contributed by atoms with van der Waals surface area (Å²) in [7, 11) is 0. The van der Waals surface area contributed by atoms with Gasteiger partial charge in [0.05, 0.1) is 6.21 Å². The molecule has 27 heavy (non-hydrogen) atoms. The quantitative estimate of drug-likeness (QED) is 0.564. The van der Waals surface area contributed by atoms with Crippen LogP contribution in [0, 0.1) is 5.92 Å². The average molecular weight is 363 g/mol. The first kappa shape index (κ1) is 19.3. The first-order valence-corrected chi connectivity index (χ1v) is 9.79. The Bertz CT molecular complexity index is 811. The Hall–Kier alpha value is -2.42. The zero-order valence-corrected chi connectivity index (χ0v) is 17.0. The SMILES string of the molecule is CC(C)c1ccc(/C=N/NC(=O)[C@@H]2C[C@H]2c2ccc(C(C)(C)C)cc2)cc1. The molecule has 1 saturated carbocycles. The second-order valence-corrected chi connectivity index (χ2v) is 8.88. The van der Waals surface area contributed by atoms with E-state index in [2.05, 4.69) is 81.5 Å². The highest BCUT2D eigenvalue weighted by molar-refractivity contribution is 5.85. The first-order valence-electron chi connectivity index (χ1n) is 9.79. The zero-order valence-electron chi connectivity index (χ0n) is 17.0. The van der Waals surface area contributed by atoms with Crippen LogP contribution < -0.4 is 5.43 Å². The molecule has 2 atom stereocenters. The third kappa shape index (κ3) is 4.85. The van der Waals surface area contributed by atoms with E-state index in [0.29, 0.717) is 11.8 Å². The predicted molar refractivity (Wildman–Crippen MR) is 112 cm³/mol. The Balaban J connectivity index is 1.52. The molecule has 1 aliphatic carbocycles. The number of rotatable bonds is 5. The van der Waals surface area contributed by atoms with Gasteiger partial charge in [-0.25, -0.2) is 5.43 Å². The van der Waals surface area contributed by atoms with Gasteiger partial charge < -0.3 is 0 Å². The van der Waals surface area contributed by atoms with Crippen LogP contribution in [0.3, 0.4) is 0 Å². The van der Waals surface area contributed by atoms with Gasteiger partial charge in [0.25, 0.3) is 0 Å². The van der Waals surface area contributed by atoms with Gasteiger partial charge in [-0.05, 0) is 45.9 Å². The van der Waals surface area contributed by atoms with E-state index < -0.39 is 0 Å². The van der Waals surface area contributed by atoms with Gasteiger partial charge in [-0.2, -0.15) is 5.10 Å². The van der Waals surface area contributed by atoms with Gasteiger partial charge in [-0.3, -0.25) is 4.79 Å². The molecule has 0 radical (unpaired) electrons. The molecule has 3 nitrogen and oxygen atoms in total. The number of hydrogen-bond acceptors (Lipinski definition) is 2. The molecule has 0 saturated heterocycles. The van der Waals surface area contributed by atoms with Crippen molar-refractivity contribution in [3.63, 3.8) is 0 Å². The van der Waals surface area contributed by atoms with Gasteiger partial charge >= 0.3 is 0 Å². The minimum absolute atomic E-state index is 0.00921. The van der Waals surface area contributed by atoms with Crippen LogP contribution in [0.4, 0.5) is 0 Å². The number of nitrogens with zero attached hydrogens (tertiary/aromatic N) is 1. The number of hydrogen-bond donors (Lipinski definition) is 1. The molecule has 0 aliphatic heterocycles. The summed E-state index contributed by atoms with van der Waals surface area (Å²) in [6.45, 7) is 11.0. The first-order chi connectivity index (χ1) is 12.8. The molecule has 0 bridgehead atoms. The Kier molecular flexibility index (Phi) is 5.50. The predicted octanol–water partition coefficient (Wildman–Crippen LogP) is 5.36. The van der Waals surface area contributed by atoms with Gasteiger partial charge in [-0.15, -0.1) is 0 Å². The Morgan fingerprint density at radius 3 is 2.26 bits per heavy atom. The molecule has 1 fully saturated rings. The molecular weight excluding hydrogens is 332 g/mol. The number of amides is 1. The standard InChI is InChI=1S/C24H30N2O/c1-16(2)18-8-6-17(7-9-18)15-25-26-23(27)22-14-21(22)19-10-12-20(13-11-19)24(3,4)5/h6-13,15-16,21-22H,14H2,1-5H3,(H,26,27)/b25-15+/t21-,22+/m0/s1. The summed E-state index contributed by atoms with van der Waals surface area (Å²) in [6, 6.07) is 17.0. The van der Waals surface area contributed by atoms with Crippen LogP contribution in [-0.4, -0.2) is 12.1 Å². The molecule has 1 amide bonds. The summed E-state index contributed by atoms with van der Waals surface area (Å²) < 4.78 is 0. The van der Waals surface area contributed by atoms with E-state index >= 15 is 0 Å². The van der Waals surface area contributed by atoms with Crippen molar-refractivity contribution in [2.24, 2.45) is 11.0 Å². The maximum atomic E-state index is 12.3. The second kappa shape index (κ2) is 7.67. The maximum Gasteiger partial charge on any atom is 0.243 e. The number of hydrazone groups is 1. The normalized spacial score (nSPS) is 19.5. The van der Waals surface area contributed by atoms with Crippen molar-refractivity contribution < 1.29 is 4.79 Å². The topological polar surface area (TPSA) is 41.5 Å². The molecule has 142 valence electrons. The minimum atomic E-state index is 0.00921. The van der Waals surface area contributed by atoms with Crippen molar-refractivity contribution in [2.75, 3.05) is 0 Å². The van der Waals surface area contributed by atoms with Crippen molar-refractivity contribution >= 4 is 12.1 Å². The largest absolute Gasteiger partial charge is 0.273 e. The van der Waals surface area contributed by atoms with Gasteiger partial charge in [0.1, 0.15) is 0 Å². The van der Waals surface area contributed by atoms with Crippen molar-refractivity contribution in [1.82, 2.24) is 5.43 Å². The van der Waals surface area contributed by atoms with Crippen LogP contribution in [-0.2, 0) is 10.2 Å². The van der Waals surface area contributed by atoms with Crippen molar-refractivity contribution in [3.05, 3.63) is 70.8 Å². The highest BCUT2D eigenvalue weighted by Gasteiger charge is 2.43. The number of carbonyl (C=O) groups excluding carboxylic acids is 1. The molecule has 1 aliphatic rings. The lowest BCUT2D eigenvalue weighted by atomic mass is 9.86. The van der Waals surface area contributed by atoms with Crippen LogP contribution >= 0.6 is 0 Å². The van der Waals surface area contributed by atoms with Gasteiger partial charge in [-0.1, -0.05) is 83.1 Å². The number of benzene rings is 2. The average Bonchev–Trinajstić information content (AvgIpc) is 3.42. The van der Waals surface area contributed by atoms with Crippen molar-refractivity contribution in [2.45, 2.75) is 58.3 Å². The highest BCUT2D eigenvalue weighted by atomic mass is 16.2. The maximum absolute atomic E-state index is 12.3. The van der Waals surface area contributed by atoms with E-state index in [1.165, 1.54) is 16.7 Å². The van der Waals surface area contributed by atoms with E-state index in [1.807, 2.05) is 12.1 Å².